The molecule has 2 saturated heterocycles. The molecule has 2 fully saturated rings. The van der Waals surface area contributed by atoms with Gasteiger partial charge in [-0.15, -0.1) is 0 Å². The molecule has 2 aliphatic heterocycles. The number of H-pyrrole nitrogens is 2. The van der Waals surface area contributed by atoms with Gasteiger partial charge in [-0.2, -0.15) is 0 Å². The average molecular weight is 368 g/mol. The van der Waals surface area contributed by atoms with Crippen molar-refractivity contribution in [1.82, 2.24) is 20.2 Å². The van der Waals surface area contributed by atoms with Gasteiger partial charge in [0.15, 0.2) is 0 Å². The number of benzene rings is 1. The fourth-order valence-corrected chi connectivity index (χ4v) is 4.46. The Morgan fingerprint density at radius 3 is 2.78 bits per heavy atom. The van der Waals surface area contributed by atoms with Gasteiger partial charge in [0.05, 0.1) is 5.56 Å². The number of hydrogen-bond acceptors (Lipinski definition) is 4. The van der Waals surface area contributed by atoms with Gasteiger partial charge in [-0.05, 0) is 50.4 Å². The molecule has 2 aliphatic rings. The van der Waals surface area contributed by atoms with Gasteiger partial charge in [-0.1, -0.05) is 12.1 Å². The van der Waals surface area contributed by atoms with E-state index in [2.05, 4.69) is 15.3 Å². The molecule has 0 radical (unpaired) electrons. The zero-order valence-electron chi connectivity index (χ0n) is 15.4. The Labute approximate surface area is 156 Å². The van der Waals surface area contributed by atoms with Crippen LogP contribution in [0, 0.1) is 12.3 Å². The maximum atomic E-state index is 13.1. The second kappa shape index (κ2) is 6.81. The van der Waals surface area contributed by atoms with E-state index in [4.69, 9.17) is 0 Å². The van der Waals surface area contributed by atoms with E-state index in [0.29, 0.717) is 22.4 Å². The minimum Gasteiger partial charge on any atom is -0.338 e. The van der Waals surface area contributed by atoms with Gasteiger partial charge in [-0.3, -0.25) is 14.6 Å². The van der Waals surface area contributed by atoms with Crippen LogP contribution in [0.15, 0.2) is 33.9 Å². The highest BCUT2D eigenvalue weighted by Crippen LogP contribution is 2.36. The molecular weight excluding hydrogens is 344 g/mol. The zero-order chi connectivity index (χ0) is 19.0. The lowest BCUT2D eigenvalue weighted by atomic mass is 9.79. The summed E-state index contributed by atoms with van der Waals surface area (Å²) in [6, 6.07) is 7.09. The second-order valence-corrected chi connectivity index (χ2v) is 7.75. The number of rotatable bonds is 2. The third-order valence-corrected chi connectivity index (χ3v) is 5.81. The Hall–Kier alpha value is -2.67. The minimum absolute atomic E-state index is 0.00123. The van der Waals surface area contributed by atoms with Gasteiger partial charge in [-0.25, -0.2) is 4.79 Å². The van der Waals surface area contributed by atoms with Crippen LogP contribution in [-0.4, -0.2) is 47.0 Å². The predicted octanol–water partition coefficient (Wildman–Crippen LogP) is 1.25. The van der Waals surface area contributed by atoms with Crippen LogP contribution in [0.4, 0.5) is 0 Å². The maximum Gasteiger partial charge on any atom is 0.325 e. The van der Waals surface area contributed by atoms with Crippen LogP contribution in [0.5, 0.6) is 0 Å². The highest BCUT2D eigenvalue weighted by atomic mass is 16.2. The molecule has 1 amide bonds. The molecule has 1 aromatic carbocycles. The Bertz CT molecular complexity index is 985. The first-order valence-electron chi connectivity index (χ1n) is 9.41. The topological polar surface area (TPSA) is 98.1 Å². The highest BCUT2D eigenvalue weighted by molar-refractivity contribution is 5.95. The van der Waals surface area contributed by atoms with E-state index < -0.39 is 11.2 Å². The van der Waals surface area contributed by atoms with Crippen molar-refractivity contribution >= 4 is 5.91 Å². The van der Waals surface area contributed by atoms with E-state index in [-0.39, 0.29) is 11.3 Å². The quantitative estimate of drug-likeness (QED) is 0.743. The molecule has 0 aliphatic carbocycles. The summed E-state index contributed by atoms with van der Waals surface area (Å²) in [5, 5.41) is 3.42. The lowest BCUT2D eigenvalue weighted by Crippen LogP contribution is -2.47. The van der Waals surface area contributed by atoms with Crippen LogP contribution in [0.3, 0.4) is 0 Å². The molecule has 4 rings (SSSR count). The number of amides is 1. The number of hydrogen-bond donors (Lipinski definition) is 3. The van der Waals surface area contributed by atoms with E-state index in [0.717, 1.165) is 45.4 Å². The first-order chi connectivity index (χ1) is 13.0. The molecule has 1 atom stereocenters. The number of carbonyl (C=O) groups excluding carboxylic acids is 1. The highest BCUT2D eigenvalue weighted by Gasteiger charge is 2.39. The lowest BCUT2D eigenvalue weighted by Gasteiger charge is -2.40. The molecule has 1 aromatic heterocycles. The smallest absolute Gasteiger partial charge is 0.325 e. The van der Waals surface area contributed by atoms with Crippen LogP contribution >= 0.6 is 0 Å². The molecule has 2 aromatic rings. The SMILES string of the molecule is Cc1[nH]c(=O)[nH]c(=O)c1-c1cccc(C(=O)N2CCC[C@]3(CCNC3)C2)c1. The third kappa shape index (κ3) is 3.35. The van der Waals surface area contributed by atoms with Gasteiger partial charge >= 0.3 is 5.69 Å². The monoisotopic (exact) mass is 368 g/mol. The fraction of sp³-hybridized carbons (Fsp3) is 0.450. The zero-order valence-corrected chi connectivity index (χ0v) is 15.4. The van der Waals surface area contributed by atoms with Gasteiger partial charge < -0.3 is 15.2 Å². The van der Waals surface area contributed by atoms with Crippen molar-refractivity contribution in [1.29, 1.82) is 0 Å². The van der Waals surface area contributed by atoms with Crippen LogP contribution < -0.4 is 16.6 Å². The van der Waals surface area contributed by atoms with Crippen molar-refractivity contribution in [3.63, 3.8) is 0 Å². The average Bonchev–Trinajstić information content (AvgIpc) is 3.08. The van der Waals surface area contributed by atoms with Crippen molar-refractivity contribution in [3.8, 4) is 11.1 Å². The molecule has 142 valence electrons. The molecule has 3 heterocycles. The first kappa shape index (κ1) is 17.7. The number of nitrogens with one attached hydrogen (secondary N) is 3. The third-order valence-electron chi connectivity index (χ3n) is 5.81. The van der Waals surface area contributed by atoms with E-state index in [1.807, 2.05) is 4.90 Å². The molecule has 0 saturated carbocycles. The van der Waals surface area contributed by atoms with Crippen LogP contribution in [0.2, 0.25) is 0 Å². The molecule has 0 bridgehead atoms. The summed E-state index contributed by atoms with van der Waals surface area (Å²) in [7, 11) is 0. The minimum atomic E-state index is -0.530. The Balaban J connectivity index is 1.64. The molecule has 0 unspecified atom stereocenters. The largest absolute Gasteiger partial charge is 0.338 e. The van der Waals surface area contributed by atoms with Crippen LogP contribution in [0.1, 0.15) is 35.3 Å². The van der Waals surface area contributed by atoms with Gasteiger partial charge in [0.2, 0.25) is 0 Å². The number of aromatic nitrogens is 2. The van der Waals surface area contributed by atoms with Crippen molar-refractivity contribution in [2.45, 2.75) is 26.2 Å². The number of piperidine rings is 1. The summed E-state index contributed by atoms with van der Waals surface area (Å²) in [5.74, 6) is 0.00123. The van der Waals surface area contributed by atoms with Crippen molar-refractivity contribution < 1.29 is 4.79 Å². The molecule has 7 heteroatoms. The summed E-state index contributed by atoms with van der Waals surface area (Å²) >= 11 is 0. The maximum absolute atomic E-state index is 13.1. The van der Waals surface area contributed by atoms with Crippen molar-refractivity contribution in [2.24, 2.45) is 5.41 Å². The van der Waals surface area contributed by atoms with E-state index in [1.54, 1.807) is 31.2 Å². The van der Waals surface area contributed by atoms with E-state index in [9.17, 15) is 14.4 Å². The predicted molar refractivity (Wildman–Crippen MR) is 103 cm³/mol. The Morgan fingerprint density at radius 2 is 2.04 bits per heavy atom. The fourth-order valence-electron chi connectivity index (χ4n) is 4.46. The van der Waals surface area contributed by atoms with Gasteiger partial charge in [0.25, 0.3) is 11.5 Å². The normalized spacial score (nSPS) is 22.3. The molecule has 27 heavy (non-hydrogen) atoms. The van der Waals surface area contributed by atoms with E-state index in [1.165, 1.54) is 0 Å². The number of likely N-dealkylation sites (tertiary alicyclic amines) is 1. The van der Waals surface area contributed by atoms with Gasteiger partial charge in [0.1, 0.15) is 0 Å². The summed E-state index contributed by atoms with van der Waals surface area (Å²) in [6.07, 6.45) is 3.30. The van der Waals surface area contributed by atoms with Gasteiger partial charge in [0, 0.05) is 36.3 Å². The summed E-state index contributed by atoms with van der Waals surface area (Å²) in [6.45, 7) is 5.22. The van der Waals surface area contributed by atoms with Crippen LogP contribution in [0.25, 0.3) is 11.1 Å². The van der Waals surface area contributed by atoms with E-state index >= 15 is 0 Å². The Kier molecular flexibility index (Phi) is 4.47. The molecule has 7 nitrogen and oxygen atoms in total. The lowest BCUT2D eigenvalue weighted by molar-refractivity contribution is 0.0553. The summed E-state index contributed by atoms with van der Waals surface area (Å²) in [4.78, 5) is 43.6. The molecule has 3 N–H and O–H groups in total. The van der Waals surface area contributed by atoms with Crippen LogP contribution in [-0.2, 0) is 0 Å². The summed E-state index contributed by atoms with van der Waals surface area (Å²) < 4.78 is 0. The number of aryl methyl sites for hydroxylation is 1. The first-order valence-corrected chi connectivity index (χ1v) is 9.41. The Morgan fingerprint density at radius 1 is 1.19 bits per heavy atom. The second-order valence-electron chi connectivity index (χ2n) is 7.75. The standard InChI is InChI=1S/C20H24N4O3/c1-13-16(17(25)23-19(27)22-13)14-4-2-5-15(10-14)18(26)24-9-3-6-20(12-24)7-8-21-11-20/h2,4-5,10,21H,3,6-9,11-12H2,1H3,(H2,22,23,25,27)/t20-/m1/s1. The van der Waals surface area contributed by atoms with Crippen molar-refractivity contribution in [3.05, 3.63) is 56.4 Å². The molecular formula is C20H24N4O3. The molecule has 1 spiro atoms. The van der Waals surface area contributed by atoms with Crippen molar-refractivity contribution in [2.75, 3.05) is 26.2 Å². The number of aromatic amines is 2. The number of nitrogens with zero attached hydrogens (tertiary/aromatic N) is 1. The number of carbonyl (C=O) groups is 1. The summed E-state index contributed by atoms with van der Waals surface area (Å²) in [5.41, 5.74) is 1.30.